The van der Waals surface area contributed by atoms with E-state index in [2.05, 4.69) is 15.5 Å². The molecule has 0 unspecified atom stereocenters. The van der Waals surface area contributed by atoms with Crippen LogP contribution in [0.3, 0.4) is 0 Å². The van der Waals surface area contributed by atoms with Crippen LogP contribution in [0, 0.1) is 0 Å². The molecular weight excluding hydrogens is 481 g/mol. The topological polar surface area (TPSA) is 78.3 Å². The molecular formula is C21H18ClF3N4O3S. The Morgan fingerprint density at radius 1 is 1.24 bits per heavy atom. The maximum absolute atomic E-state index is 13.1. The zero-order chi connectivity index (χ0) is 23.8. The van der Waals surface area contributed by atoms with E-state index in [1.165, 1.54) is 6.07 Å². The summed E-state index contributed by atoms with van der Waals surface area (Å²) in [5, 5.41) is 10.1. The minimum atomic E-state index is -4.63. The molecule has 4 rings (SSSR count). The van der Waals surface area contributed by atoms with Gasteiger partial charge in [-0.2, -0.15) is 13.2 Å². The molecule has 2 atom stereocenters. The van der Waals surface area contributed by atoms with Gasteiger partial charge in [0.1, 0.15) is 6.61 Å². The second-order valence-corrected chi connectivity index (χ2v) is 8.92. The summed E-state index contributed by atoms with van der Waals surface area (Å²) in [4.78, 5) is 12.6. The van der Waals surface area contributed by atoms with Crippen molar-refractivity contribution in [3.8, 4) is 11.5 Å². The zero-order valence-corrected chi connectivity index (χ0v) is 19.0. The molecule has 33 heavy (non-hydrogen) atoms. The van der Waals surface area contributed by atoms with Gasteiger partial charge >= 0.3 is 6.18 Å². The van der Waals surface area contributed by atoms with Crippen molar-refractivity contribution in [3.05, 3.63) is 58.9 Å². The Morgan fingerprint density at radius 3 is 2.70 bits per heavy atom. The number of alkyl halides is 3. The lowest BCUT2D eigenvalue weighted by Gasteiger charge is -2.25. The molecule has 3 aromatic rings. The Labute approximate surface area is 196 Å². The molecule has 0 radical (unpaired) electrons. The number of para-hydroxylation sites is 2. The summed E-state index contributed by atoms with van der Waals surface area (Å²) in [6.45, 7) is 1.87. The van der Waals surface area contributed by atoms with Crippen LogP contribution in [-0.2, 0) is 18.0 Å². The number of amides is 1. The molecule has 0 spiro atoms. The van der Waals surface area contributed by atoms with Crippen LogP contribution in [0.5, 0.6) is 11.5 Å². The van der Waals surface area contributed by atoms with Crippen molar-refractivity contribution in [3.63, 3.8) is 0 Å². The van der Waals surface area contributed by atoms with Crippen LogP contribution < -0.4 is 14.8 Å². The molecule has 1 aliphatic rings. The highest BCUT2D eigenvalue weighted by Crippen LogP contribution is 2.37. The number of anilines is 1. The van der Waals surface area contributed by atoms with Gasteiger partial charge in [0.25, 0.3) is 0 Å². The number of hydrogen-bond donors (Lipinski definition) is 1. The molecule has 1 amide bonds. The van der Waals surface area contributed by atoms with Gasteiger partial charge in [0.05, 0.1) is 15.8 Å². The Kier molecular flexibility index (Phi) is 6.44. The first-order valence-corrected chi connectivity index (χ1v) is 11.0. The molecule has 0 bridgehead atoms. The molecule has 1 aromatic heterocycles. The van der Waals surface area contributed by atoms with Crippen molar-refractivity contribution in [1.82, 2.24) is 14.8 Å². The first-order chi connectivity index (χ1) is 15.6. The van der Waals surface area contributed by atoms with Crippen molar-refractivity contribution in [2.45, 2.75) is 29.6 Å². The van der Waals surface area contributed by atoms with E-state index in [0.717, 1.165) is 23.9 Å². The van der Waals surface area contributed by atoms with E-state index in [4.69, 9.17) is 21.1 Å². The van der Waals surface area contributed by atoms with Gasteiger partial charge in [-0.05, 0) is 37.3 Å². The Balaban J connectivity index is 1.43. The van der Waals surface area contributed by atoms with E-state index in [9.17, 15) is 18.0 Å². The van der Waals surface area contributed by atoms with Gasteiger partial charge in [0.2, 0.25) is 5.91 Å². The number of ether oxygens (including phenoxy) is 2. The number of carbonyl (C=O) groups excluding carboxylic acids is 1. The summed E-state index contributed by atoms with van der Waals surface area (Å²) in [6.07, 6.45) is -5.11. The number of fused-ring (bicyclic) bond motifs is 1. The maximum atomic E-state index is 13.1. The number of carbonyl (C=O) groups is 1. The van der Waals surface area contributed by atoms with Crippen LogP contribution in [0.15, 0.2) is 47.6 Å². The summed E-state index contributed by atoms with van der Waals surface area (Å²) in [5.74, 6) is 1.27. The molecule has 2 heterocycles. The highest BCUT2D eigenvalue weighted by atomic mass is 35.5. The normalized spacial score (nSPS) is 16.4. The fourth-order valence-electron chi connectivity index (χ4n) is 3.13. The highest BCUT2D eigenvalue weighted by Gasteiger charge is 2.34. The van der Waals surface area contributed by atoms with Crippen molar-refractivity contribution in [2.75, 3.05) is 11.9 Å². The van der Waals surface area contributed by atoms with Crippen molar-refractivity contribution < 1.29 is 27.4 Å². The van der Waals surface area contributed by atoms with E-state index < -0.39 is 34.0 Å². The fraction of sp³-hybridized carbons (Fsp3) is 0.286. The van der Waals surface area contributed by atoms with Gasteiger partial charge in [-0.25, -0.2) is 0 Å². The lowest BCUT2D eigenvalue weighted by atomic mass is 10.2. The van der Waals surface area contributed by atoms with Crippen molar-refractivity contribution in [1.29, 1.82) is 0 Å². The molecule has 0 saturated heterocycles. The number of rotatable bonds is 5. The summed E-state index contributed by atoms with van der Waals surface area (Å²) < 4.78 is 52.5. The Bertz CT molecular complexity index is 1190. The maximum Gasteiger partial charge on any atom is 0.417 e. The number of nitrogens with one attached hydrogen (secondary N) is 1. The zero-order valence-electron chi connectivity index (χ0n) is 17.4. The number of halogens is 4. The fourth-order valence-corrected chi connectivity index (χ4v) is 4.18. The van der Waals surface area contributed by atoms with Crippen LogP contribution >= 0.6 is 23.4 Å². The lowest BCUT2D eigenvalue weighted by molar-refractivity contribution is -0.137. The van der Waals surface area contributed by atoms with Gasteiger partial charge in [-0.1, -0.05) is 35.5 Å². The van der Waals surface area contributed by atoms with Gasteiger partial charge in [0.15, 0.2) is 28.6 Å². The predicted molar refractivity (Wildman–Crippen MR) is 117 cm³/mol. The summed E-state index contributed by atoms with van der Waals surface area (Å²) in [7, 11) is 1.74. The third-order valence-corrected chi connectivity index (χ3v) is 6.32. The molecule has 174 valence electrons. The van der Waals surface area contributed by atoms with Gasteiger partial charge < -0.3 is 19.4 Å². The smallest absolute Gasteiger partial charge is 0.417 e. The second kappa shape index (κ2) is 9.14. The van der Waals surface area contributed by atoms with Gasteiger partial charge in [0, 0.05) is 12.7 Å². The molecule has 1 N–H and O–H groups in total. The third kappa shape index (κ3) is 5.03. The van der Waals surface area contributed by atoms with Gasteiger partial charge in [-0.3, -0.25) is 4.79 Å². The van der Waals surface area contributed by atoms with E-state index in [-0.39, 0.29) is 12.3 Å². The van der Waals surface area contributed by atoms with Crippen molar-refractivity contribution in [2.24, 2.45) is 7.05 Å². The Morgan fingerprint density at radius 2 is 1.97 bits per heavy atom. The highest BCUT2D eigenvalue weighted by molar-refractivity contribution is 8.00. The molecule has 0 fully saturated rings. The number of thioether (sulfide) groups is 1. The van der Waals surface area contributed by atoms with Crippen molar-refractivity contribution >= 4 is 35.0 Å². The standard InChI is InChI=1S/C21H18ClF3N4O3S/c1-11(19(30)26-12-7-8-14(22)13(9-12)21(23,24)25)33-20-28-27-18(29(20)2)17-10-31-15-5-3-4-6-16(15)32-17/h3-9,11,17H,10H2,1-2H3,(H,26,30)/t11-,17-/m1/s1. The SMILES string of the molecule is C[C@@H](Sc1nnc([C@H]2COc3ccccc3O2)n1C)C(=O)Nc1ccc(Cl)c(C(F)(F)F)c1. The van der Waals surface area contributed by atoms with Gasteiger partial charge in [-0.15, -0.1) is 10.2 Å². The first-order valence-electron chi connectivity index (χ1n) is 9.75. The van der Waals surface area contributed by atoms with Crippen LogP contribution in [0.25, 0.3) is 0 Å². The van der Waals surface area contributed by atoms with Crippen LogP contribution in [0.1, 0.15) is 24.4 Å². The lowest BCUT2D eigenvalue weighted by Crippen LogP contribution is -2.25. The number of benzene rings is 2. The molecule has 2 aromatic carbocycles. The average molecular weight is 499 g/mol. The van der Waals surface area contributed by atoms with E-state index >= 15 is 0 Å². The minimum Gasteiger partial charge on any atom is -0.485 e. The molecule has 12 heteroatoms. The first kappa shape index (κ1) is 23.2. The van der Waals surface area contributed by atoms with Crippen LogP contribution in [0.4, 0.5) is 18.9 Å². The summed E-state index contributed by atoms with van der Waals surface area (Å²) >= 11 is 6.74. The molecule has 7 nitrogen and oxygen atoms in total. The Hall–Kier alpha value is -2.92. The average Bonchev–Trinajstić information content (AvgIpc) is 3.13. The summed E-state index contributed by atoms with van der Waals surface area (Å²) in [6, 6.07) is 10.5. The quantitative estimate of drug-likeness (QED) is 0.492. The van der Waals surface area contributed by atoms with E-state index in [1.54, 1.807) is 24.6 Å². The third-order valence-electron chi connectivity index (χ3n) is 4.86. The molecule has 0 saturated carbocycles. The summed E-state index contributed by atoms with van der Waals surface area (Å²) in [5.41, 5.74) is -1.02. The van der Waals surface area contributed by atoms with Crippen LogP contribution in [0.2, 0.25) is 5.02 Å². The van der Waals surface area contributed by atoms with Crippen LogP contribution in [-0.4, -0.2) is 32.5 Å². The largest absolute Gasteiger partial charge is 0.485 e. The molecule has 0 aliphatic carbocycles. The number of nitrogens with zero attached hydrogens (tertiary/aromatic N) is 3. The second-order valence-electron chi connectivity index (χ2n) is 7.21. The monoisotopic (exact) mass is 498 g/mol. The molecule has 1 aliphatic heterocycles. The number of aromatic nitrogens is 3. The van der Waals surface area contributed by atoms with E-state index in [1.807, 2.05) is 18.2 Å². The van der Waals surface area contributed by atoms with E-state index in [0.29, 0.717) is 22.5 Å². The predicted octanol–water partition coefficient (Wildman–Crippen LogP) is 5.12. The minimum absolute atomic E-state index is 0.00532. The number of hydrogen-bond acceptors (Lipinski definition) is 6.